The topological polar surface area (TPSA) is 130 Å². The van der Waals surface area contributed by atoms with Gasteiger partial charge in [-0.15, -0.1) is 10.2 Å². The molecule has 0 bridgehead atoms. The van der Waals surface area contributed by atoms with E-state index in [0.29, 0.717) is 29.4 Å². The fraction of sp³-hybridized carbons (Fsp3) is 0.480. The van der Waals surface area contributed by atoms with Gasteiger partial charge in [0.25, 0.3) is 0 Å². The van der Waals surface area contributed by atoms with E-state index in [1.165, 1.54) is 5.56 Å². The average molecular weight is 498 g/mol. The number of nitrogens with one attached hydrogen (secondary N) is 2. The summed E-state index contributed by atoms with van der Waals surface area (Å²) in [5.41, 5.74) is 3.97. The third kappa shape index (κ3) is 5.95. The van der Waals surface area contributed by atoms with Gasteiger partial charge in [0, 0.05) is 19.0 Å². The fourth-order valence-corrected chi connectivity index (χ4v) is 5.81. The standard InChI is InChI=1S/C25H35N7O2S/c1-4-5-17(12-13-32(2)3)14-20-10-11-22(19-8-6-18(7-9-19)21-15-27-16-21)23(24(20)35(26,33)34)25-28-30-31-29-25/h6-11,17,21,27H,4-5,12-16H2,1-3H3,(H2,26,33,34)(H,28,29,30,31). The molecule has 0 aliphatic carbocycles. The molecule has 188 valence electrons. The van der Waals surface area contributed by atoms with E-state index in [4.69, 9.17) is 5.14 Å². The van der Waals surface area contributed by atoms with Crippen LogP contribution in [-0.4, -0.2) is 67.7 Å². The van der Waals surface area contributed by atoms with Crippen LogP contribution in [0, 0.1) is 5.92 Å². The van der Waals surface area contributed by atoms with Crippen molar-refractivity contribution in [1.82, 2.24) is 30.8 Å². The van der Waals surface area contributed by atoms with Crippen molar-refractivity contribution in [3.8, 4) is 22.5 Å². The number of sulfonamides is 1. The van der Waals surface area contributed by atoms with Crippen LogP contribution in [0.25, 0.3) is 22.5 Å². The summed E-state index contributed by atoms with van der Waals surface area (Å²) in [6.45, 7) is 5.05. The van der Waals surface area contributed by atoms with Gasteiger partial charge in [-0.1, -0.05) is 56.2 Å². The van der Waals surface area contributed by atoms with Crippen molar-refractivity contribution in [3.05, 3.63) is 47.5 Å². The monoisotopic (exact) mass is 497 g/mol. The van der Waals surface area contributed by atoms with Gasteiger partial charge < -0.3 is 10.2 Å². The number of nitrogens with two attached hydrogens (primary N) is 1. The zero-order valence-electron chi connectivity index (χ0n) is 20.7. The lowest BCUT2D eigenvalue weighted by Crippen LogP contribution is -2.39. The Balaban J connectivity index is 1.81. The predicted molar refractivity (Wildman–Crippen MR) is 137 cm³/mol. The van der Waals surface area contributed by atoms with E-state index in [0.717, 1.165) is 50.0 Å². The van der Waals surface area contributed by atoms with Crippen LogP contribution < -0.4 is 10.5 Å². The lowest BCUT2D eigenvalue weighted by Gasteiger charge is -2.27. The van der Waals surface area contributed by atoms with Gasteiger partial charge in [-0.2, -0.15) is 5.21 Å². The van der Waals surface area contributed by atoms with Crippen LogP contribution in [0.2, 0.25) is 0 Å². The molecule has 9 nitrogen and oxygen atoms in total. The van der Waals surface area contributed by atoms with Gasteiger partial charge in [-0.25, -0.2) is 13.6 Å². The molecule has 1 atom stereocenters. The predicted octanol–water partition coefficient (Wildman–Crippen LogP) is 2.78. The number of rotatable bonds is 11. The molecular weight excluding hydrogens is 462 g/mol. The third-order valence-electron chi connectivity index (χ3n) is 6.76. The van der Waals surface area contributed by atoms with Crippen molar-refractivity contribution >= 4 is 10.0 Å². The Bertz CT molecular complexity index is 1220. The van der Waals surface area contributed by atoms with Crippen molar-refractivity contribution in [3.63, 3.8) is 0 Å². The van der Waals surface area contributed by atoms with Crippen molar-refractivity contribution < 1.29 is 8.42 Å². The van der Waals surface area contributed by atoms with Crippen molar-refractivity contribution in [1.29, 1.82) is 0 Å². The maximum absolute atomic E-state index is 13.0. The van der Waals surface area contributed by atoms with Crippen LogP contribution in [0.1, 0.15) is 43.2 Å². The van der Waals surface area contributed by atoms with Crippen LogP contribution in [0.3, 0.4) is 0 Å². The van der Waals surface area contributed by atoms with Gasteiger partial charge in [0.05, 0.1) is 10.5 Å². The first-order chi connectivity index (χ1) is 16.8. The Morgan fingerprint density at radius 2 is 1.86 bits per heavy atom. The fourth-order valence-electron chi connectivity index (χ4n) is 4.81. The Morgan fingerprint density at radius 1 is 1.11 bits per heavy atom. The van der Waals surface area contributed by atoms with E-state index in [9.17, 15) is 8.42 Å². The lowest BCUT2D eigenvalue weighted by atomic mass is 9.88. The summed E-state index contributed by atoms with van der Waals surface area (Å²) in [5, 5.41) is 23.6. The Labute approximate surface area is 207 Å². The van der Waals surface area contributed by atoms with Crippen LogP contribution in [-0.2, 0) is 16.4 Å². The van der Waals surface area contributed by atoms with E-state index in [1.807, 2.05) is 24.3 Å². The summed E-state index contributed by atoms with van der Waals surface area (Å²) in [7, 11) is 0.0313. The number of tetrazole rings is 1. The van der Waals surface area contributed by atoms with E-state index in [2.05, 4.69) is 64.0 Å². The minimum Gasteiger partial charge on any atom is -0.315 e. The summed E-state index contributed by atoms with van der Waals surface area (Å²) in [6, 6.07) is 12.1. The largest absolute Gasteiger partial charge is 0.315 e. The van der Waals surface area contributed by atoms with Gasteiger partial charge in [-0.3, -0.25) is 0 Å². The maximum atomic E-state index is 13.0. The quantitative estimate of drug-likeness (QED) is 0.371. The first-order valence-corrected chi connectivity index (χ1v) is 13.7. The SMILES string of the molecule is CCCC(CCN(C)C)Cc1ccc(-c2ccc(C3CNC3)cc2)c(-c2nn[nH]n2)c1S(N)(=O)=O. The number of hydrogen-bond acceptors (Lipinski definition) is 7. The highest BCUT2D eigenvalue weighted by Gasteiger charge is 2.28. The molecule has 3 aromatic rings. The van der Waals surface area contributed by atoms with Gasteiger partial charge in [-0.05, 0) is 66.9 Å². The molecule has 1 aromatic heterocycles. The molecule has 0 saturated carbocycles. The van der Waals surface area contributed by atoms with Crippen LogP contribution in [0.4, 0.5) is 0 Å². The third-order valence-corrected chi connectivity index (χ3v) is 7.79. The molecule has 1 aliphatic rings. The molecule has 1 aliphatic heterocycles. The highest BCUT2D eigenvalue weighted by atomic mass is 32.2. The normalized spacial score (nSPS) is 15.3. The smallest absolute Gasteiger partial charge is 0.239 e. The van der Waals surface area contributed by atoms with Gasteiger partial charge >= 0.3 is 0 Å². The van der Waals surface area contributed by atoms with E-state index in [1.54, 1.807) is 0 Å². The molecule has 0 spiro atoms. The zero-order chi connectivity index (χ0) is 25.0. The summed E-state index contributed by atoms with van der Waals surface area (Å²) < 4.78 is 26.1. The molecule has 1 fully saturated rings. The van der Waals surface area contributed by atoms with Crippen LogP contribution >= 0.6 is 0 Å². The van der Waals surface area contributed by atoms with E-state index in [-0.39, 0.29) is 10.7 Å². The second-order valence-corrected chi connectivity index (χ2v) is 11.2. The maximum Gasteiger partial charge on any atom is 0.239 e. The van der Waals surface area contributed by atoms with Crippen molar-refractivity contribution in [2.75, 3.05) is 33.7 Å². The van der Waals surface area contributed by atoms with Gasteiger partial charge in [0.1, 0.15) is 0 Å². The second kappa shape index (κ2) is 10.9. The van der Waals surface area contributed by atoms with E-state index < -0.39 is 10.0 Å². The minimum atomic E-state index is -4.07. The van der Waals surface area contributed by atoms with Crippen LogP contribution in [0.5, 0.6) is 0 Å². The first-order valence-electron chi connectivity index (χ1n) is 12.2. The van der Waals surface area contributed by atoms with Crippen molar-refractivity contribution in [2.24, 2.45) is 11.1 Å². The Kier molecular flexibility index (Phi) is 7.95. The molecular formula is C25H35N7O2S. The molecule has 4 N–H and O–H groups in total. The molecule has 1 saturated heterocycles. The number of hydrogen-bond donors (Lipinski definition) is 3. The van der Waals surface area contributed by atoms with E-state index >= 15 is 0 Å². The summed E-state index contributed by atoms with van der Waals surface area (Å²) in [5.74, 6) is 1.07. The minimum absolute atomic E-state index is 0.0922. The molecule has 10 heteroatoms. The number of aromatic amines is 1. The Hall–Kier alpha value is -2.66. The number of nitrogens with zero attached hydrogens (tertiary/aromatic N) is 4. The van der Waals surface area contributed by atoms with Crippen molar-refractivity contribution in [2.45, 2.75) is 43.4 Å². The number of aromatic nitrogens is 4. The molecule has 2 heterocycles. The number of primary sulfonamides is 1. The molecule has 0 amide bonds. The molecule has 4 rings (SSSR count). The van der Waals surface area contributed by atoms with Gasteiger partial charge in [0.15, 0.2) is 0 Å². The number of H-pyrrole nitrogens is 1. The van der Waals surface area contributed by atoms with Gasteiger partial charge in [0.2, 0.25) is 15.8 Å². The molecule has 0 radical (unpaired) electrons. The summed E-state index contributed by atoms with van der Waals surface area (Å²) in [4.78, 5) is 2.25. The first kappa shape index (κ1) is 25.4. The lowest BCUT2D eigenvalue weighted by molar-refractivity contribution is 0.335. The Morgan fingerprint density at radius 3 is 2.40 bits per heavy atom. The van der Waals surface area contributed by atoms with Crippen LogP contribution in [0.15, 0.2) is 41.3 Å². The average Bonchev–Trinajstić information content (AvgIpc) is 3.30. The highest BCUT2D eigenvalue weighted by molar-refractivity contribution is 7.89. The molecule has 1 unspecified atom stereocenters. The summed E-state index contributed by atoms with van der Waals surface area (Å²) in [6.07, 6.45) is 3.63. The number of benzene rings is 2. The molecule has 35 heavy (non-hydrogen) atoms. The summed E-state index contributed by atoms with van der Waals surface area (Å²) >= 11 is 0. The molecule has 2 aromatic carbocycles. The highest BCUT2D eigenvalue weighted by Crippen LogP contribution is 2.38. The zero-order valence-corrected chi connectivity index (χ0v) is 21.5. The second-order valence-electron chi connectivity index (χ2n) is 9.68.